The van der Waals surface area contributed by atoms with E-state index in [9.17, 15) is 8.42 Å². The summed E-state index contributed by atoms with van der Waals surface area (Å²) in [5, 5.41) is 4.07. The zero-order valence-electron chi connectivity index (χ0n) is 19.5. The average Bonchev–Trinajstić information content (AvgIpc) is 3.29. The fourth-order valence-corrected chi connectivity index (χ4v) is 6.36. The molecule has 176 valence electrons. The summed E-state index contributed by atoms with van der Waals surface area (Å²) in [6, 6.07) is 21.3. The quantitative estimate of drug-likeness (QED) is 0.376. The molecular weight excluding hydrogens is 464 g/mol. The molecule has 3 aromatic rings. The highest BCUT2D eigenvalue weighted by molar-refractivity contribution is 7.92. The van der Waals surface area contributed by atoms with Gasteiger partial charge in [-0.25, -0.2) is 8.42 Å². The van der Waals surface area contributed by atoms with E-state index < -0.39 is 10.0 Å². The van der Waals surface area contributed by atoms with Crippen molar-refractivity contribution in [3.63, 3.8) is 0 Å². The molecule has 1 aliphatic heterocycles. The molecular formula is C28H29ClN2O2S. The van der Waals surface area contributed by atoms with Crippen LogP contribution in [-0.2, 0) is 15.4 Å². The molecule has 3 atom stereocenters. The fourth-order valence-electron chi connectivity index (χ4n) is 5.01. The van der Waals surface area contributed by atoms with E-state index in [2.05, 4.69) is 67.2 Å². The lowest BCUT2D eigenvalue weighted by atomic mass is 9.76. The van der Waals surface area contributed by atoms with Gasteiger partial charge in [-0.05, 0) is 64.8 Å². The molecule has 3 aromatic carbocycles. The minimum absolute atomic E-state index is 0.114. The third-order valence-electron chi connectivity index (χ3n) is 6.90. The molecule has 0 unspecified atom stereocenters. The Labute approximate surface area is 207 Å². The molecule has 1 heterocycles. The van der Waals surface area contributed by atoms with Gasteiger partial charge in [0.2, 0.25) is 0 Å². The van der Waals surface area contributed by atoms with Crippen LogP contribution in [0, 0.1) is 5.92 Å². The molecule has 2 aliphatic rings. The summed E-state index contributed by atoms with van der Waals surface area (Å²) in [6.45, 7) is 6.67. The predicted molar refractivity (Wildman–Crippen MR) is 140 cm³/mol. The molecule has 1 aliphatic carbocycles. The fraction of sp³-hybridized carbons (Fsp3) is 0.286. The van der Waals surface area contributed by atoms with Crippen molar-refractivity contribution >= 4 is 33.0 Å². The summed E-state index contributed by atoms with van der Waals surface area (Å²) in [4.78, 5) is 0.236. The van der Waals surface area contributed by atoms with Gasteiger partial charge in [-0.3, -0.25) is 4.72 Å². The van der Waals surface area contributed by atoms with Crippen molar-refractivity contribution in [2.45, 2.75) is 49.5 Å². The largest absolute Gasteiger partial charge is 0.378 e. The maximum absolute atomic E-state index is 13.1. The molecule has 34 heavy (non-hydrogen) atoms. The lowest BCUT2D eigenvalue weighted by molar-refractivity contribution is 0.425. The molecule has 0 fully saturated rings. The van der Waals surface area contributed by atoms with Gasteiger partial charge in [-0.1, -0.05) is 80.9 Å². The summed E-state index contributed by atoms with van der Waals surface area (Å²) in [5.41, 5.74) is 5.06. The highest BCUT2D eigenvalue weighted by atomic mass is 35.5. The Hall–Kier alpha value is -2.76. The second kappa shape index (κ2) is 8.47. The minimum Gasteiger partial charge on any atom is -0.378 e. The summed E-state index contributed by atoms with van der Waals surface area (Å²) in [5.74, 6) is 0.501. The van der Waals surface area contributed by atoms with Gasteiger partial charge in [0.25, 0.3) is 10.0 Å². The third-order valence-corrected chi connectivity index (χ3v) is 8.59. The first-order valence-electron chi connectivity index (χ1n) is 11.6. The molecule has 0 radical (unpaired) electrons. The van der Waals surface area contributed by atoms with Crippen LogP contribution in [-0.4, -0.2) is 8.42 Å². The summed E-state index contributed by atoms with van der Waals surface area (Å²) in [7, 11) is -3.77. The molecule has 0 bridgehead atoms. The monoisotopic (exact) mass is 492 g/mol. The van der Waals surface area contributed by atoms with Crippen LogP contribution >= 0.6 is 11.6 Å². The Morgan fingerprint density at radius 3 is 2.44 bits per heavy atom. The molecule has 4 nitrogen and oxygen atoms in total. The first-order valence-corrected chi connectivity index (χ1v) is 13.4. The number of benzene rings is 3. The normalized spacial score (nSPS) is 21.5. The maximum Gasteiger partial charge on any atom is 0.261 e. The van der Waals surface area contributed by atoms with Crippen molar-refractivity contribution in [1.82, 2.24) is 0 Å². The van der Waals surface area contributed by atoms with Crippen LogP contribution in [0.25, 0.3) is 0 Å². The maximum atomic E-state index is 13.1. The number of anilines is 2. The third kappa shape index (κ3) is 4.23. The first-order chi connectivity index (χ1) is 16.1. The number of hydrogen-bond acceptors (Lipinski definition) is 3. The van der Waals surface area contributed by atoms with Crippen molar-refractivity contribution in [3.05, 3.63) is 101 Å². The lowest BCUT2D eigenvalue weighted by Crippen LogP contribution is -2.29. The van der Waals surface area contributed by atoms with Crippen LogP contribution < -0.4 is 10.0 Å². The Morgan fingerprint density at radius 2 is 1.74 bits per heavy atom. The van der Waals surface area contributed by atoms with Crippen molar-refractivity contribution in [2.24, 2.45) is 5.92 Å². The molecule has 5 rings (SSSR count). The van der Waals surface area contributed by atoms with Gasteiger partial charge < -0.3 is 5.32 Å². The van der Waals surface area contributed by atoms with Gasteiger partial charge in [0.1, 0.15) is 0 Å². The number of rotatable bonds is 4. The van der Waals surface area contributed by atoms with Crippen molar-refractivity contribution in [1.29, 1.82) is 0 Å². The van der Waals surface area contributed by atoms with Crippen molar-refractivity contribution < 1.29 is 8.42 Å². The van der Waals surface area contributed by atoms with Crippen molar-refractivity contribution in [2.75, 3.05) is 10.0 Å². The van der Waals surface area contributed by atoms with E-state index in [1.807, 2.05) is 6.07 Å². The van der Waals surface area contributed by atoms with E-state index >= 15 is 0 Å². The molecule has 0 saturated carbocycles. The smallest absolute Gasteiger partial charge is 0.261 e. The summed E-state index contributed by atoms with van der Waals surface area (Å²) >= 11 is 6.17. The van der Waals surface area contributed by atoms with E-state index in [-0.39, 0.29) is 22.3 Å². The lowest BCUT2D eigenvalue weighted by Gasteiger charge is -2.38. The Kier molecular flexibility index (Phi) is 5.73. The number of nitrogens with one attached hydrogen (secondary N) is 2. The molecule has 6 heteroatoms. The zero-order valence-corrected chi connectivity index (χ0v) is 21.1. The molecule has 0 aromatic heterocycles. The van der Waals surface area contributed by atoms with E-state index in [0.717, 1.165) is 17.7 Å². The number of fused-ring (bicyclic) bond motifs is 3. The predicted octanol–water partition coefficient (Wildman–Crippen LogP) is 7.26. The van der Waals surface area contributed by atoms with Crippen LogP contribution in [0.1, 0.15) is 55.8 Å². The standard InChI is InChI=1S/C28H29ClN2O2S/c1-28(2,3)19-13-11-18(12-14-19)27-22-8-6-7-21(22)23-17-20(15-16-25(23)30-27)34(32,33)31-26-10-5-4-9-24(26)29/h4-7,9-17,21-22,27,30-31H,8H2,1-3H3/t21-,22+,27+/m0/s1. The Bertz CT molecular complexity index is 1360. The SMILES string of the molecule is CC(C)(C)c1ccc([C@H]2Nc3ccc(S(=O)(=O)Nc4ccccc4Cl)cc3[C@H]3C=CC[C@H]32)cc1. The zero-order chi connectivity index (χ0) is 24.1. The number of halogens is 1. The van der Waals surface area contributed by atoms with Crippen LogP contribution in [0.4, 0.5) is 11.4 Å². The molecule has 0 amide bonds. The van der Waals surface area contributed by atoms with E-state index in [1.165, 1.54) is 11.1 Å². The summed E-state index contributed by atoms with van der Waals surface area (Å²) < 4.78 is 28.9. The second-order valence-corrected chi connectivity index (χ2v) is 12.3. The first kappa shape index (κ1) is 23.0. The van der Waals surface area contributed by atoms with Gasteiger partial charge >= 0.3 is 0 Å². The number of allylic oxidation sites excluding steroid dienone is 2. The number of para-hydroxylation sites is 1. The highest BCUT2D eigenvalue weighted by Gasteiger charge is 2.38. The van der Waals surface area contributed by atoms with Crippen LogP contribution in [0.2, 0.25) is 5.02 Å². The van der Waals surface area contributed by atoms with Gasteiger partial charge in [0, 0.05) is 11.6 Å². The summed E-state index contributed by atoms with van der Waals surface area (Å²) in [6.07, 6.45) is 5.39. The number of sulfonamides is 1. The average molecular weight is 493 g/mol. The van der Waals surface area contributed by atoms with Crippen LogP contribution in [0.15, 0.2) is 83.8 Å². The number of hydrogen-bond donors (Lipinski definition) is 2. The van der Waals surface area contributed by atoms with Gasteiger partial charge in [0.15, 0.2) is 0 Å². The molecule has 0 saturated heterocycles. The van der Waals surface area contributed by atoms with E-state index in [0.29, 0.717) is 16.6 Å². The van der Waals surface area contributed by atoms with Crippen LogP contribution in [0.5, 0.6) is 0 Å². The van der Waals surface area contributed by atoms with Crippen LogP contribution in [0.3, 0.4) is 0 Å². The Morgan fingerprint density at radius 1 is 1.00 bits per heavy atom. The molecule has 0 spiro atoms. The molecule has 2 N–H and O–H groups in total. The highest BCUT2D eigenvalue weighted by Crippen LogP contribution is 2.50. The van der Waals surface area contributed by atoms with E-state index in [4.69, 9.17) is 11.6 Å². The van der Waals surface area contributed by atoms with Gasteiger partial charge in [0.05, 0.1) is 21.6 Å². The Balaban J connectivity index is 1.46. The van der Waals surface area contributed by atoms with Crippen molar-refractivity contribution in [3.8, 4) is 0 Å². The van der Waals surface area contributed by atoms with Gasteiger partial charge in [-0.15, -0.1) is 0 Å². The van der Waals surface area contributed by atoms with Gasteiger partial charge in [-0.2, -0.15) is 0 Å². The topological polar surface area (TPSA) is 58.2 Å². The van der Waals surface area contributed by atoms with E-state index in [1.54, 1.807) is 36.4 Å². The minimum atomic E-state index is -3.77. The second-order valence-electron chi connectivity index (χ2n) is 10.2.